The molecule has 2 rings (SSSR count). The Morgan fingerprint density at radius 2 is 2.15 bits per heavy atom. The molecule has 1 fully saturated rings. The molecule has 0 saturated carbocycles. The number of hydrogen-bond acceptors (Lipinski definition) is 3. The fourth-order valence-corrected chi connectivity index (χ4v) is 2.68. The van der Waals surface area contributed by atoms with Gasteiger partial charge in [-0.1, -0.05) is 23.7 Å². The third-order valence-electron chi connectivity index (χ3n) is 3.70. The van der Waals surface area contributed by atoms with Crippen LogP contribution in [0.3, 0.4) is 0 Å². The second kappa shape index (κ2) is 6.24. The number of halogens is 1. The summed E-state index contributed by atoms with van der Waals surface area (Å²) in [4.78, 5) is 24.9. The van der Waals surface area contributed by atoms with E-state index < -0.39 is 11.9 Å². The number of rotatable bonds is 4. The molecule has 1 aliphatic heterocycles. The zero-order valence-corrected chi connectivity index (χ0v) is 11.9. The summed E-state index contributed by atoms with van der Waals surface area (Å²) in [5.74, 6) is -1.38. The van der Waals surface area contributed by atoms with Crippen molar-refractivity contribution in [1.29, 1.82) is 0 Å². The van der Waals surface area contributed by atoms with Crippen LogP contribution in [0.2, 0.25) is 5.02 Å². The number of anilines is 1. The lowest BCUT2D eigenvalue weighted by molar-refractivity contribution is -0.142. The number of carbonyl (C=O) groups is 2. The van der Waals surface area contributed by atoms with E-state index in [-0.39, 0.29) is 18.5 Å². The maximum absolute atomic E-state index is 12.0. The number of likely N-dealkylation sites (tertiary alicyclic amines) is 1. The van der Waals surface area contributed by atoms with Crippen LogP contribution in [-0.2, 0) is 9.59 Å². The van der Waals surface area contributed by atoms with Crippen molar-refractivity contribution >= 4 is 29.2 Å². The highest BCUT2D eigenvalue weighted by Gasteiger charge is 2.36. The molecule has 5 nitrogen and oxygen atoms in total. The monoisotopic (exact) mass is 296 g/mol. The lowest BCUT2D eigenvalue weighted by Gasteiger charge is -2.22. The van der Waals surface area contributed by atoms with Gasteiger partial charge in [0.15, 0.2) is 0 Å². The standard InChI is InChI=1S/C14H17ClN2O3/c1-9-10(14(19)20)6-7-17(9)8-13(18)16-12-5-3-2-4-11(12)15/h2-5,9-10H,6-8H2,1H3,(H,16,18)(H,19,20). The maximum atomic E-state index is 12.0. The number of aliphatic carboxylic acids is 1. The van der Waals surface area contributed by atoms with Gasteiger partial charge in [-0.3, -0.25) is 14.5 Å². The zero-order chi connectivity index (χ0) is 14.7. The van der Waals surface area contributed by atoms with Crippen molar-refractivity contribution in [3.63, 3.8) is 0 Å². The molecule has 0 bridgehead atoms. The molecule has 0 spiro atoms. The van der Waals surface area contributed by atoms with Gasteiger partial charge in [-0.05, 0) is 32.0 Å². The molecule has 20 heavy (non-hydrogen) atoms. The van der Waals surface area contributed by atoms with E-state index in [1.54, 1.807) is 24.3 Å². The first-order valence-electron chi connectivity index (χ1n) is 6.50. The SMILES string of the molecule is CC1C(C(=O)O)CCN1CC(=O)Nc1ccccc1Cl. The van der Waals surface area contributed by atoms with Gasteiger partial charge in [0.1, 0.15) is 0 Å². The van der Waals surface area contributed by atoms with Gasteiger partial charge in [0.05, 0.1) is 23.2 Å². The Kier molecular flexibility index (Phi) is 4.62. The fourth-order valence-electron chi connectivity index (χ4n) is 2.49. The summed E-state index contributed by atoms with van der Waals surface area (Å²) >= 11 is 5.97. The molecule has 0 radical (unpaired) electrons. The van der Waals surface area contributed by atoms with E-state index in [4.69, 9.17) is 16.7 Å². The summed E-state index contributed by atoms with van der Waals surface area (Å²) in [6, 6.07) is 6.88. The highest BCUT2D eigenvalue weighted by Crippen LogP contribution is 2.24. The minimum absolute atomic E-state index is 0.135. The third-order valence-corrected chi connectivity index (χ3v) is 4.03. The molecule has 2 unspecified atom stereocenters. The van der Waals surface area contributed by atoms with E-state index in [0.29, 0.717) is 23.7 Å². The Bertz CT molecular complexity index is 521. The van der Waals surface area contributed by atoms with Crippen molar-refractivity contribution in [2.45, 2.75) is 19.4 Å². The van der Waals surface area contributed by atoms with Gasteiger partial charge < -0.3 is 10.4 Å². The van der Waals surface area contributed by atoms with Gasteiger partial charge in [-0.25, -0.2) is 0 Å². The summed E-state index contributed by atoms with van der Waals surface area (Å²) in [5, 5.41) is 12.3. The lowest BCUT2D eigenvalue weighted by atomic mass is 10.0. The van der Waals surface area contributed by atoms with Crippen LogP contribution in [0.1, 0.15) is 13.3 Å². The van der Waals surface area contributed by atoms with Gasteiger partial charge in [0.2, 0.25) is 5.91 Å². The van der Waals surface area contributed by atoms with E-state index in [9.17, 15) is 9.59 Å². The molecule has 1 saturated heterocycles. The van der Waals surface area contributed by atoms with Crippen LogP contribution in [0.5, 0.6) is 0 Å². The number of hydrogen-bond donors (Lipinski definition) is 2. The van der Waals surface area contributed by atoms with E-state index in [1.807, 2.05) is 11.8 Å². The average Bonchev–Trinajstić information content (AvgIpc) is 2.74. The summed E-state index contributed by atoms with van der Waals surface area (Å²) in [5.41, 5.74) is 0.570. The van der Waals surface area contributed by atoms with Crippen molar-refractivity contribution in [1.82, 2.24) is 4.90 Å². The molecule has 0 aromatic heterocycles. The second-order valence-electron chi connectivity index (χ2n) is 4.97. The summed E-state index contributed by atoms with van der Waals surface area (Å²) in [6.07, 6.45) is 0.579. The van der Waals surface area contributed by atoms with E-state index in [2.05, 4.69) is 5.32 Å². The maximum Gasteiger partial charge on any atom is 0.308 e. The minimum atomic E-state index is -0.800. The molecule has 1 aromatic carbocycles. The van der Waals surface area contributed by atoms with Crippen LogP contribution in [0.15, 0.2) is 24.3 Å². The molecule has 2 atom stereocenters. The van der Waals surface area contributed by atoms with Crippen LogP contribution in [0.25, 0.3) is 0 Å². The Morgan fingerprint density at radius 1 is 1.45 bits per heavy atom. The van der Waals surface area contributed by atoms with Crippen LogP contribution < -0.4 is 5.32 Å². The number of benzene rings is 1. The van der Waals surface area contributed by atoms with Crippen molar-refractivity contribution in [2.75, 3.05) is 18.4 Å². The number of nitrogens with one attached hydrogen (secondary N) is 1. The zero-order valence-electron chi connectivity index (χ0n) is 11.2. The third kappa shape index (κ3) is 3.29. The normalized spacial score (nSPS) is 22.7. The molecular formula is C14H17ClN2O3. The van der Waals surface area contributed by atoms with Crippen molar-refractivity contribution in [2.24, 2.45) is 5.92 Å². The molecular weight excluding hydrogens is 280 g/mol. The van der Waals surface area contributed by atoms with Crippen LogP contribution in [0.4, 0.5) is 5.69 Å². The highest BCUT2D eigenvalue weighted by atomic mass is 35.5. The molecule has 1 amide bonds. The molecule has 2 N–H and O–H groups in total. The molecule has 1 heterocycles. The second-order valence-corrected chi connectivity index (χ2v) is 5.38. The number of carboxylic acid groups (broad SMARTS) is 1. The Balaban J connectivity index is 1.93. The van der Waals surface area contributed by atoms with Gasteiger partial charge in [0, 0.05) is 6.04 Å². The minimum Gasteiger partial charge on any atom is -0.481 e. The number of amides is 1. The van der Waals surface area contributed by atoms with Crippen LogP contribution in [-0.4, -0.2) is 41.0 Å². The van der Waals surface area contributed by atoms with Crippen LogP contribution >= 0.6 is 11.6 Å². The summed E-state index contributed by atoms with van der Waals surface area (Å²) in [6.45, 7) is 2.64. The summed E-state index contributed by atoms with van der Waals surface area (Å²) in [7, 11) is 0. The molecule has 0 aliphatic carbocycles. The molecule has 1 aliphatic rings. The number of carbonyl (C=O) groups excluding carboxylic acids is 1. The smallest absolute Gasteiger partial charge is 0.308 e. The van der Waals surface area contributed by atoms with Gasteiger partial charge in [0.25, 0.3) is 0 Å². The first-order valence-corrected chi connectivity index (χ1v) is 6.88. The lowest BCUT2D eigenvalue weighted by Crippen LogP contribution is -2.38. The van der Waals surface area contributed by atoms with Gasteiger partial charge >= 0.3 is 5.97 Å². The number of carboxylic acids is 1. The predicted molar refractivity (Wildman–Crippen MR) is 76.9 cm³/mol. The fraction of sp³-hybridized carbons (Fsp3) is 0.429. The van der Waals surface area contributed by atoms with Gasteiger partial charge in [-0.2, -0.15) is 0 Å². The van der Waals surface area contributed by atoms with E-state index in [1.165, 1.54) is 0 Å². The largest absolute Gasteiger partial charge is 0.481 e. The van der Waals surface area contributed by atoms with Crippen molar-refractivity contribution < 1.29 is 14.7 Å². The number of para-hydroxylation sites is 1. The summed E-state index contributed by atoms with van der Waals surface area (Å²) < 4.78 is 0. The highest BCUT2D eigenvalue weighted by molar-refractivity contribution is 6.33. The Morgan fingerprint density at radius 3 is 2.75 bits per heavy atom. The Hall–Kier alpha value is -1.59. The van der Waals surface area contributed by atoms with E-state index in [0.717, 1.165) is 0 Å². The molecule has 108 valence electrons. The Labute approximate surface area is 122 Å². The number of nitrogens with zero attached hydrogens (tertiary/aromatic N) is 1. The topological polar surface area (TPSA) is 69.6 Å². The first kappa shape index (κ1) is 14.8. The van der Waals surface area contributed by atoms with E-state index >= 15 is 0 Å². The average molecular weight is 297 g/mol. The van der Waals surface area contributed by atoms with Crippen molar-refractivity contribution in [3.8, 4) is 0 Å². The van der Waals surface area contributed by atoms with Crippen LogP contribution in [0, 0.1) is 5.92 Å². The predicted octanol–water partition coefficient (Wildman–Crippen LogP) is 2.07. The molecule has 6 heteroatoms. The molecule has 1 aromatic rings. The van der Waals surface area contributed by atoms with Crippen molar-refractivity contribution in [3.05, 3.63) is 29.3 Å². The van der Waals surface area contributed by atoms with Gasteiger partial charge in [-0.15, -0.1) is 0 Å². The quantitative estimate of drug-likeness (QED) is 0.892. The first-order chi connectivity index (χ1) is 9.49.